The molecular weight excluding hydrogens is 432 g/mol. The van der Waals surface area contributed by atoms with Crippen LogP contribution in [-0.2, 0) is 11.3 Å². The molecule has 1 aromatic carbocycles. The van der Waals surface area contributed by atoms with Crippen molar-refractivity contribution in [3.05, 3.63) is 46.5 Å². The molecule has 0 saturated heterocycles. The summed E-state index contributed by atoms with van der Waals surface area (Å²) in [6.45, 7) is -3.21. The predicted molar refractivity (Wildman–Crippen MR) is 90.5 cm³/mol. The molecule has 0 aliphatic carbocycles. The lowest BCUT2D eigenvalue weighted by molar-refractivity contribution is -0.0512. The van der Waals surface area contributed by atoms with Gasteiger partial charge in [0.1, 0.15) is 5.69 Å². The van der Waals surface area contributed by atoms with E-state index in [4.69, 9.17) is 14.0 Å². The Kier molecular flexibility index (Phi) is 5.69. The predicted octanol–water partition coefficient (Wildman–Crippen LogP) is 3.79. The van der Waals surface area contributed by atoms with Gasteiger partial charge in [0.05, 0.1) is 7.11 Å². The minimum absolute atomic E-state index is 0.0656. The monoisotopic (exact) mass is 443 g/mol. The van der Waals surface area contributed by atoms with Crippen LogP contribution < -0.4 is 9.47 Å². The highest BCUT2D eigenvalue weighted by Crippen LogP contribution is 2.32. The van der Waals surface area contributed by atoms with Crippen molar-refractivity contribution in [1.82, 2.24) is 15.1 Å². The summed E-state index contributed by atoms with van der Waals surface area (Å²) in [6.07, 6.45) is 1.59. The molecule has 3 aromatic rings. The summed E-state index contributed by atoms with van der Waals surface area (Å²) in [4.78, 5) is 18.7. The molecule has 0 aliphatic rings. The molecule has 27 heavy (non-hydrogen) atoms. The molecule has 11 heteroatoms. The van der Waals surface area contributed by atoms with E-state index in [-0.39, 0.29) is 35.5 Å². The number of nitrogens with one attached hydrogen (secondary N) is 1. The summed E-state index contributed by atoms with van der Waals surface area (Å²) >= 11 is 3.21. The largest absolute Gasteiger partial charge is 0.493 e. The van der Waals surface area contributed by atoms with Gasteiger partial charge >= 0.3 is 12.6 Å². The lowest BCUT2D eigenvalue weighted by Crippen LogP contribution is -2.05. The standard InChI is InChI=1S/C16H12BrF2N3O5/c1-24-12-4-8(2-3-11(12)26-16(18)19)14-21-13(27-22-14)7-25-15(23)10-5-9(17)6-20-10/h2-6,16,20H,7H2,1H3. The van der Waals surface area contributed by atoms with Crippen LogP contribution in [0, 0.1) is 0 Å². The van der Waals surface area contributed by atoms with Gasteiger partial charge < -0.3 is 23.7 Å². The van der Waals surface area contributed by atoms with E-state index in [2.05, 4.69) is 35.8 Å². The zero-order valence-electron chi connectivity index (χ0n) is 13.7. The lowest BCUT2D eigenvalue weighted by atomic mass is 10.2. The number of aromatic nitrogens is 3. The third-order valence-corrected chi connectivity index (χ3v) is 3.76. The van der Waals surface area contributed by atoms with E-state index in [1.807, 2.05) is 0 Å². The van der Waals surface area contributed by atoms with Crippen LogP contribution in [0.4, 0.5) is 8.78 Å². The molecule has 0 bridgehead atoms. The average Bonchev–Trinajstić information content (AvgIpc) is 3.28. The summed E-state index contributed by atoms with van der Waals surface area (Å²) in [5, 5.41) is 3.77. The van der Waals surface area contributed by atoms with Gasteiger partial charge in [-0.1, -0.05) is 5.16 Å². The van der Waals surface area contributed by atoms with Gasteiger partial charge in [-0.3, -0.25) is 0 Å². The SMILES string of the molecule is COc1cc(-c2noc(COC(=O)c3cc(Br)c[nH]3)n2)ccc1OC(F)F. The number of carbonyl (C=O) groups is 1. The first-order chi connectivity index (χ1) is 13.0. The molecule has 0 saturated carbocycles. The second-order valence-corrected chi connectivity index (χ2v) is 5.98. The molecule has 0 aliphatic heterocycles. The number of hydrogen-bond donors (Lipinski definition) is 1. The Hall–Kier alpha value is -2.95. The first-order valence-electron chi connectivity index (χ1n) is 7.43. The van der Waals surface area contributed by atoms with E-state index in [1.54, 1.807) is 12.3 Å². The number of methoxy groups -OCH3 is 1. The van der Waals surface area contributed by atoms with Gasteiger partial charge in [-0.15, -0.1) is 0 Å². The van der Waals surface area contributed by atoms with Crippen molar-refractivity contribution >= 4 is 21.9 Å². The molecule has 0 unspecified atom stereocenters. The zero-order valence-corrected chi connectivity index (χ0v) is 15.3. The summed E-state index contributed by atoms with van der Waals surface area (Å²) in [5.41, 5.74) is 0.712. The van der Waals surface area contributed by atoms with Gasteiger partial charge in [0.25, 0.3) is 5.89 Å². The highest BCUT2D eigenvalue weighted by molar-refractivity contribution is 9.10. The third kappa shape index (κ3) is 4.61. The number of rotatable bonds is 7. The zero-order chi connectivity index (χ0) is 19.4. The maximum absolute atomic E-state index is 12.4. The van der Waals surface area contributed by atoms with Gasteiger partial charge in [0, 0.05) is 16.2 Å². The van der Waals surface area contributed by atoms with Gasteiger partial charge in [-0.25, -0.2) is 4.79 Å². The van der Waals surface area contributed by atoms with Crippen molar-refractivity contribution in [2.75, 3.05) is 7.11 Å². The van der Waals surface area contributed by atoms with Crippen LogP contribution in [0.15, 0.2) is 39.5 Å². The number of carbonyl (C=O) groups excluding carboxylic acids is 1. The van der Waals surface area contributed by atoms with Crippen molar-refractivity contribution in [1.29, 1.82) is 0 Å². The molecule has 2 heterocycles. The molecule has 3 rings (SSSR count). The smallest absolute Gasteiger partial charge is 0.387 e. The Bertz CT molecular complexity index is 944. The van der Waals surface area contributed by atoms with Crippen molar-refractivity contribution in [2.45, 2.75) is 13.2 Å². The minimum Gasteiger partial charge on any atom is -0.493 e. The maximum atomic E-state index is 12.4. The molecule has 0 amide bonds. The normalized spacial score (nSPS) is 10.9. The first-order valence-corrected chi connectivity index (χ1v) is 8.22. The molecule has 0 atom stereocenters. The van der Waals surface area contributed by atoms with Crippen LogP contribution >= 0.6 is 15.9 Å². The number of ether oxygens (including phenoxy) is 3. The van der Waals surface area contributed by atoms with Gasteiger partial charge in [-0.05, 0) is 40.2 Å². The quantitative estimate of drug-likeness (QED) is 0.554. The van der Waals surface area contributed by atoms with Crippen molar-refractivity contribution in [2.24, 2.45) is 0 Å². The van der Waals surface area contributed by atoms with Gasteiger partial charge in [0.15, 0.2) is 18.1 Å². The molecular formula is C16H12BrF2N3O5. The van der Waals surface area contributed by atoms with E-state index in [0.29, 0.717) is 10.0 Å². The van der Waals surface area contributed by atoms with Crippen LogP contribution in [-0.4, -0.2) is 34.8 Å². The fourth-order valence-corrected chi connectivity index (χ4v) is 2.46. The van der Waals surface area contributed by atoms with Crippen molar-refractivity contribution in [3.63, 3.8) is 0 Å². The Labute approximate surface area is 159 Å². The highest BCUT2D eigenvalue weighted by Gasteiger charge is 2.16. The molecule has 0 fully saturated rings. The molecule has 8 nitrogen and oxygen atoms in total. The topological polar surface area (TPSA) is 99.5 Å². The summed E-state index contributed by atoms with van der Waals surface area (Å²) in [5.74, 6) is -0.383. The summed E-state index contributed by atoms with van der Waals surface area (Å²) in [7, 11) is 1.32. The average molecular weight is 444 g/mol. The van der Waals surface area contributed by atoms with E-state index in [9.17, 15) is 13.6 Å². The highest BCUT2D eigenvalue weighted by atomic mass is 79.9. The first kappa shape index (κ1) is 18.8. The number of aromatic amines is 1. The van der Waals surface area contributed by atoms with E-state index < -0.39 is 12.6 Å². The summed E-state index contributed by atoms with van der Waals surface area (Å²) in [6, 6.07) is 5.77. The van der Waals surface area contributed by atoms with E-state index in [0.717, 1.165) is 0 Å². The van der Waals surface area contributed by atoms with Crippen LogP contribution in [0.2, 0.25) is 0 Å². The van der Waals surface area contributed by atoms with Crippen LogP contribution in [0.3, 0.4) is 0 Å². The number of esters is 1. The number of halogens is 3. The van der Waals surface area contributed by atoms with E-state index in [1.165, 1.54) is 25.3 Å². The molecule has 142 valence electrons. The second-order valence-electron chi connectivity index (χ2n) is 5.06. The second kappa shape index (κ2) is 8.16. The minimum atomic E-state index is -2.98. The van der Waals surface area contributed by atoms with Crippen LogP contribution in [0.1, 0.15) is 16.4 Å². The van der Waals surface area contributed by atoms with Gasteiger partial charge in [0.2, 0.25) is 5.82 Å². The Balaban J connectivity index is 1.69. The number of hydrogen-bond acceptors (Lipinski definition) is 7. The number of benzene rings is 1. The number of H-pyrrole nitrogens is 1. The molecule has 0 spiro atoms. The fourth-order valence-electron chi connectivity index (χ4n) is 2.12. The van der Waals surface area contributed by atoms with Crippen LogP contribution in [0.25, 0.3) is 11.4 Å². The molecule has 0 radical (unpaired) electrons. The molecule has 1 N–H and O–H groups in total. The Morgan fingerprint density at radius 2 is 2.15 bits per heavy atom. The van der Waals surface area contributed by atoms with Gasteiger partial charge in [-0.2, -0.15) is 13.8 Å². The number of nitrogens with zero attached hydrogens (tertiary/aromatic N) is 2. The van der Waals surface area contributed by atoms with Crippen molar-refractivity contribution < 1.29 is 32.3 Å². The molecule has 2 aromatic heterocycles. The maximum Gasteiger partial charge on any atom is 0.387 e. The number of alkyl halides is 2. The third-order valence-electron chi connectivity index (χ3n) is 3.30. The van der Waals surface area contributed by atoms with Crippen molar-refractivity contribution in [3.8, 4) is 22.9 Å². The lowest BCUT2D eigenvalue weighted by Gasteiger charge is -2.10. The van der Waals surface area contributed by atoms with Crippen LogP contribution in [0.5, 0.6) is 11.5 Å². The van der Waals surface area contributed by atoms with E-state index >= 15 is 0 Å². The summed E-state index contributed by atoms with van der Waals surface area (Å²) < 4.78 is 44.9. The Morgan fingerprint density at radius 1 is 1.33 bits per heavy atom. The fraction of sp³-hybridized carbons (Fsp3) is 0.188. The Morgan fingerprint density at radius 3 is 2.81 bits per heavy atom.